The first-order valence-electron chi connectivity index (χ1n) is 3.25. The Kier molecular flexibility index (Phi) is 2.42. The van der Waals surface area contributed by atoms with Crippen LogP contribution in [0.2, 0.25) is 0 Å². The Morgan fingerprint density at radius 1 is 1.75 bits per heavy atom. The summed E-state index contributed by atoms with van der Waals surface area (Å²) in [6.07, 6.45) is 1.39. The molecule has 4 N–H and O–H groups in total. The molecule has 0 fully saturated rings. The minimum Gasteiger partial charge on any atom is -0.375 e. The number of nitrogens with two attached hydrogens (primary N) is 1. The first kappa shape index (κ1) is 8.25. The molecule has 0 aliphatic rings. The molecule has 1 aromatic rings. The third-order valence-electron chi connectivity index (χ3n) is 1.13. The van der Waals surface area contributed by atoms with Crippen LogP contribution < -0.4 is 16.6 Å². The Labute approximate surface area is 67.8 Å². The van der Waals surface area contributed by atoms with Crippen molar-refractivity contribution < 1.29 is 4.79 Å². The predicted octanol–water partition coefficient (Wildman–Crippen LogP) is -1.33. The summed E-state index contributed by atoms with van der Waals surface area (Å²) < 4.78 is 0. The summed E-state index contributed by atoms with van der Waals surface area (Å²) in [6, 6.07) is 1.29. The van der Waals surface area contributed by atoms with Crippen LogP contribution in [0.4, 0.5) is 5.69 Å². The molecule has 0 aliphatic heterocycles. The summed E-state index contributed by atoms with van der Waals surface area (Å²) in [4.78, 5) is 21.0. The van der Waals surface area contributed by atoms with Crippen LogP contribution in [0.1, 0.15) is 0 Å². The van der Waals surface area contributed by atoms with Gasteiger partial charge in [-0.15, -0.1) is 0 Å². The molecular weight excluding hydrogens is 160 g/mol. The van der Waals surface area contributed by atoms with Gasteiger partial charge in [0.1, 0.15) is 0 Å². The smallest absolute Gasteiger partial charge is 0.266 e. The Balaban J connectivity index is 2.64. The monoisotopic (exact) mass is 168 g/mol. The van der Waals surface area contributed by atoms with Gasteiger partial charge in [-0.2, -0.15) is 5.10 Å². The van der Waals surface area contributed by atoms with Crippen LogP contribution in [-0.2, 0) is 4.79 Å². The lowest BCUT2D eigenvalue weighted by Gasteiger charge is -2.00. The van der Waals surface area contributed by atoms with Gasteiger partial charge in [0.25, 0.3) is 5.56 Å². The van der Waals surface area contributed by atoms with E-state index in [1.165, 1.54) is 12.3 Å². The molecule has 1 heterocycles. The maximum atomic E-state index is 10.7. The fourth-order valence-corrected chi connectivity index (χ4v) is 0.662. The fraction of sp³-hybridized carbons (Fsp3) is 0.167. The van der Waals surface area contributed by atoms with E-state index in [1.54, 1.807) is 0 Å². The summed E-state index contributed by atoms with van der Waals surface area (Å²) in [5.74, 6) is -0.490. The number of hydrogen-bond donors (Lipinski definition) is 3. The highest BCUT2D eigenvalue weighted by atomic mass is 16.1. The molecule has 6 nitrogen and oxygen atoms in total. The molecule has 0 spiro atoms. The van der Waals surface area contributed by atoms with Crippen LogP contribution in [0.5, 0.6) is 0 Å². The zero-order chi connectivity index (χ0) is 8.97. The normalized spacial score (nSPS) is 9.33. The van der Waals surface area contributed by atoms with E-state index >= 15 is 0 Å². The maximum Gasteiger partial charge on any atom is 0.266 e. The first-order chi connectivity index (χ1) is 5.68. The SMILES string of the molecule is NC(=O)CNc1cn[nH]c(=O)c1. The van der Waals surface area contributed by atoms with E-state index in [0.29, 0.717) is 5.69 Å². The zero-order valence-electron chi connectivity index (χ0n) is 6.20. The highest BCUT2D eigenvalue weighted by Gasteiger charge is 1.95. The Morgan fingerprint density at radius 2 is 2.50 bits per heavy atom. The third kappa shape index (κ3) is 2.41. The van der Waals surface area contributed by atoms with Crippen molar-refractivity contribution in [3.8, 4) is 0 Å². The van der Waals surface area contributed by atoms with Crippen molar-refractivity contribution in [3.05, 3.63) is 22.6 Å². The number of hydrogen-bond acceptors (Lipinski definition) is 4. The van der Waals surface area contributed by atoms with Crippen LogP contribution in [0, 0.1) is 0 Å². The van der Waals surface area contributed by atoms with Crippen molar-refractivity contribution in [2.75, 3.05) is 11.9 Å². The number of primary amides is 1. The van der Waals surface area contributed by atoms with Gasteiger partial charge >= 0.3 is 0 Å². The predicted molar refractivity (Wildman–Crippen MR) is 42.5 cm³/mol. The number of anilines is 1. The summed E-state index contributed by atoms with van der Waals surface area (Å²) in [5, 5.41) is 8.34. The summed E-state index contributed by atoms with van der Waals surface area (Å²) in [5.41, 5.74) is 5.01. The largest absolute Gasteiger partial charge is 0.375 e. The van der Waals surface area contributed by atoms with E-state index in [0.717, 1.165) is 0 Å². The molecule has 0 bridgehead atoms. The first-order valence-corrected chi connectivity index (χ1v) is 3.25. The average Bonchev–Trinajstić information content (AvgIpc) is 2.01. The number of nitrogens with one attached hydrogen (secondary N) is 2. The molecule has 1 amide bonds. The number of carbonyl (C=O) groups excluding carboxylic acids is 1. The van der Waals surface area contributed by atoms with Crippen molar-refractivity contribution >= 4 is 11.6 Å². The van der Waals surface area contributed by atoms with E-state index in [2.05, 4.69) is 15.5 Å². The van der Waals surface area contributed by atoms with Crippen LogP contribution in [0.25, 0.3) is 0 Å². The lowest BCUT2D eigenvalue weighted by atomic mass is 10.4. The van der Waals surface area contributed by atoms with Gasteiger partial charge in [0, 0.05) is 6.07 Å². The van der Waals surface area contributed by atoms with Crippen molar-refractivity contribution in [2.24, 2.45) is 5.73 Å². The van der Waals surface area contributed by atoms with E-state index in [9.17, 15) is 9.59 Å². The number of aromatic amines is 1. The second-order valence-corrected chi connectivity index (χ2v) is 2.15. The molecule has 12 heavy (non-hydrogen) atoms. The molecule has 0 radical (unpaired) electrons. The van der Waals surface area contributed by atoms with Gasteiger partial charge in [-0.1, -0.05) is 0 Å². The van der Waals surface area contributed by atoms with Gasteiger partial charge in [-0.05, 0) is 0 Å². The van der Waals surface area contributed by atoms with Gasteiger partial charge in [0.05, 0.1) is 18.4 Å². The minimum atomic E-state index is -0.490. The molecule has 1 rings (SSSR count). The number of rotatable bonds is 3. The van der Waals surface area contributed by atoms with Crippen LogP contribution >= 0.6 is 0 Å². The van der Waals surface area contributed by atoms with Crippen molar-refractivity contribution in [1.82, 2.24) is 10.2 Å². The van der Waals surface area contributed by atoms with Gasteiger partial charge in [-0.25, -0.2) is 5.10 Å². The molecule has 0 aliphatic carbocycles. The number of nitrogens with zero attached hydrogens (tertiary/aromatic N) is 1. The molecule has 1 aromatic heterocycles. The van der Waals surface area contributed by atoms with Gasteiger partial charge in [-0.3, -0.25) is 9.59 Å². The Hall–Kier alpha value is -1.85. The second-order valence-electron chi connectivity index (χ2n) is 2.15. The molecule has 6 heteroatoms. The fourth-order valence-electron chi connectivity index (χ4n) is 0.662. The van der Waals surface area contributed by atoms with Crippen molar-refractivity contribution in [1.29, 1.82) is 0 Å². The molecule has 0 aromatic carbocycles. The number of carbonyl (C=O) groups is 1. The van der Waals surface area contributed by atoms with E-state index < -0.39 is 5.91 Å². The quantitative estimate of drug-likeness (QED) is 0.520. The summed E-state index contributed by atoms with van der Waals surface area (Å²) >= 11 is 0. The Morgan fingerprint density at radius 3 is 3.08 bits per heavy atom. The lowest BCUT2D eigenvalue weighted by Crippen LogP contribution is -2.22. The van der Waals surface area contributed by atoms with Crippen molar-refractivity contribution in [3.63, 3.8) is 0 Å². The molecule has 0 atom stereocenters. The van der Waals surface area contributed by atoms with Crippen LogP contribution in [0.15, 0.2) is 17.1 Å². The third-order valence-corrected chi connectivity index (χ3v) is 1.13. The van der Waals surface area contributed by atoms with E-state index in [-0.39, 0.29) is 12.1 Å². The summed E-state index contributed by atoms with van der Waals surface area (Å²) in [6.45, 7) is -0.00880. The van der Waals surface area contributed by atoms with Crippen molar-refractivity contribution in [2.45, 2.75) is 0 Å². The van der Waals surface area contributed by atoms with Gasteiger partial charge in [0.2, 0.25) is 5.91 Å². The standard InChI is InChI=1S/C6H8N4O2/c7-5(11)3-8-4-1-6(12)10-9-2-4/h1-2H,3H2,(H2,7,11)(H2,8,10,12). The highest BCUT2D eigenvalue weighted by Crippen LogP contribution is 1.95. The molecule has 64 valence electrons. The molecular formula is C6H8N4O2. The highest BCUT2D eigenvalue weighted by molar-refractivity contribution is 5.78. The Bertz CT molecular complexity index is 332. The topological polar surface area (TPSA) is 101 Å². The average molecular weight is 168 g/mol. The number of aromatic nitrogens is 2. The molecule has 0 unspecified atom stereocenters. The second kappa shape index (κ2) is 3.51. The lowest BCUT2D eigenvalue weighted by molar-refractivity contribution is -0.116. The molecule has 0 saturated heterocycles. The summed E-state index contributed by atoms with van der Waals surface area (Å²) in [7, 11) is 0. The number of amides is 1. The van der Waals surface area contributed by atoms with E-state index in [4.69, 9.17) is 5.73 Å². The van der Waals surface area contributed by atoms with Gasteiger partial charge in [0.15, 0.2) is 0 Å². The maximum absolute atomic E-state index is 10.7. The molecule has 0 saturated carbocycles. The number of H-pyrrole nitrogens is 1. The van der Waals surface area contributed by atoms with Crippen LogP contribution in [0.3, 0.4) is 0 Å². The van der Waals surface area contributed by atoms with Gasteiger partial charge < -0.3 is 11.1 Å². The van der Waals surface area contributed by atoms with E-state index in [1.807, 2.05) is 0 Å². The minimum absolute atomic E-state index is 0.00880. The zero-order valence-corrected chi connectivity index (χ0v) is 6.20. The van der Waals surface area contributed by atoms with Crippen LogP contribution in [-0.4, -0.2) is 22.6 Å².